The van der Waals surface area contributed by atoms with E-state index < -0.39 is 30.1 Å². The Morgan fingerprint density at radius 1 is 1.17 bits per heavy atom. The highest BCUT2D eigenvalue weighted by Crippen LogP contribution is 2.04. The lowest BCUT2D eigenvalue weighted by molar-refractivity contribution is -0.124. The minimum Gasteiger partial charge on any atom is -0.465 e. The number of carbonyl (C=O) groups excluding carboxylic acids is 3. The summed E-state index contributed by atoms with van der Waals surface area (Å²) >= 11 is 0. The lowest BCUT2D eigenvalue weighted by atomic mass is 10.1. The van der Waals surface area contributed by atoms with Crippen LogP contribution in [-0.4, -0.2) is 43.4 Å². The highest BCUT2D eigenvalue weighted by atomic mass is 16.6. The first-order valence-corrected chi connectivity index (χ1v) is 7.17. The molecule has 24 heavy (non-hydrogen) atoms. The van der Waals surface area contributed by atoms with Crippen molar-refractivity contribution in [1.82, 2.24) is 10.6 Å². The monoisotopic (exact) mass is 335 g/mol. The van der Waals surface area contributed by atoms with Crippen LogP contribution < -0.4 is 10.6 Å². The van der Waals surface area contributed by atoms with Crippen LogP contribution in [0.15, 0.2) is 29.4 Å². The SMILES string of the molecule is COC(=O)c1ccc(C=NOCC(=O)NC(=O)NC(C)(C)C)cc1. The number of hydrogen-bond acceptors (Lipinski definition) is 6. The summed E-state index contributed by atoms with van der Waals surface area (Å²) in [5.41, 5.74) is 0.646. The van der Waals surface area contributed by atoms with Crippen LogP contribution in [0.3, 0.4) is 0 Å². The van der Waals surface area contributed by atoms with Crippen LogP contribution in [0, 0.1) is 0 Å². The Morgan fingerprint density at radius 2 is 1.79 bits per heavy atom. The van der Waals surface area contributed by atoms with Gasteiger partial charge in [0.2, 0.25) is 0 Å². The van der Waals surface area contributed by atoms with Gasteiger partial charge in [0.05, 0.1) is 18.9 Å². The molecule has 0 heterocycles. The first-order valence-electron chi connectivity index (χ1n) is 7.17. The normalized spacial score (nSPS) is 11.0. The van der Waals surface area contributed by atoms with Crippen molar-refractivity contribution in [1.29, 1.82) is 0 Å². The molecule has 1 aromatic rings. The maximum atomic E-state index is 11.5. The summed E-state index contributed by atoms with van der Waals surface area (Å²) in [6, 6.07) is 5.86. The number of rotatable bonds is 5. The zero-order valence-electron chi connectivity index (χ0n) is 14.1. The van der Waals surface area contributed by atoms with E-state index in [9.17, 15) is 14.4 Å². The van der Waals surface area contributed by atoms with Crippen molar-refractivity contribution < 1.29 is 24.0 Å². The third kappa shape index (κ3) is 7.39. The number of oxime groups is 1. The molecule has 1 aromatic carbocycles. The Labute approximate surface area is 140 Å². The maximum absolute atomic E-state index is 11.5. The summed E-state index contributed by atoms with van der Waals surface area (Å²) in [6.07, 6.45) is 1.38. The molecular formula is C16H21N3O5. The number of hydrogen-bond donors (Lipinski definition) is 2. The van der Waals surface area contributed by atoms with Gasteiger partial charge in [-0.1, -0.05) is 17.3 Å². The minimum atomic E-state index is -0.616. The number of ether oxygens (including phenoxy) is 1. The van der Waals surface area contributed by atoms with Crippen molar-refractivity contribution in [3.63, 3.8) is 0 Å². The Kier molecular flexibility index (Phi) is 6.91. The van der Waals surface area contributed by atoms with Crippen LogP contribution in [0.5, 0.6) is 0 Å². The van der Waals surface area contributed by atoms with Gasteiger partial charge >= 0.3 is 12.0 Å². The van der Waals surface area contributed by atoms with E-state index in [0.29, 0.717) is 11.1 Å². The van der Waals surface area contributed by atoms with Crippen LogP contribution in [-0.2, 0) is 14.4 Å². The van der Waals surface area contributed by atoms with Crippen LogP contribution in [0.1, 0.15) is 36.7 Å². The molecular weight excluding hydrogens is 314 g/mol. The number of urea groups is 1. The maximum Gasteiger partial charge on any atom is 0.337 e. The Morgan fingerprint density at radius 3 is 2.33 bits per heavy atom. The molecule has 0 spiro atoms. The molecule has 0 saturated carbocycles. The molecule has 0 atom stereocenters. The van der Waals surface area contributed by atoms with E-state index in [1.807, 2.05) is 0 Å². The molecule has 0 aromatic heterocycles. The number of amides is 3. The molecule has 8 nitrogen and oxygen atoms in total. The zero-order chi connectivity index (χ0) is 18.2. The first kappa shape index (κ1) is 19.1. The predicted octanol–water partition coefficient (Wildman–Crippen LogP) is 1.45. The third-order valence-electron chi connectivity index (χ3n) is 2.55. The van der Waals surface area contributed by atoms with Crippen LogP contribution in [0.2, 0.25) is 0 Å². The highest BCUT2D eigenvalue weighted by Gasteiger charge is 2.15. The largest absolute Gasteiger partial charge is 0.465 e. The summed E-state index contributed by atoms with van der Waals surface area (Å²) in [6.45, 7) is 4.99. The quantitative estimate of drug-likeness (QED) is 0.481. The number of benzene rings is 1. The average Bonchev–Trinajstić information content (AvgIpc) is 2.49. The Hall–Kier alpha value is -2.90. The second-order valence-electron chi connectivity index (χ2n) is 5.87. The third-order valence-corrected chi connectivity index (χ3v) is 2.55. The summed E-state index contributed by atoms with van der Waals surface area (Å²) in [4.78, 5) is 39.0. The van der Waals surface area contributed by atoms with Crippen LogP contribution >= 0.6 is 0 Å². The van der Waals surface area contributed by atoms with E-state index in [0.717, 1.165) is 0 Å². The Bertz CT molecular complexity index is 618. The highest BCUT2D eigenvalue weighted by molar-refractivity contribution is 5.95. The molecule has 3 amide bonds. The molecule has 130 valence electrons. The van der Waals surface area contributed by atoms with E-state index in [4.69, 9.17) is 4.84 Å². The number of methoxy groups -OCH3 is 1. The zero-order valence-corrected chi connectivity index (χ0v) is 14.1. The minimum absolute atomic E-state index is 0.395. The lowest BCUT2D eigenvalue weighted by Gasteiger charge is -2.20. The topological polar surface area (TPSA) is 106 Å². The van der Waals surface area contributed by atoms with Crippen molar-refractivity contribution in [2.75, 3.05) is 13.7 Å². The fraction of sp³-hybridized carbons (Fsp3) is 0.375. The van der Waals surface area contributed by atoms with Crippen molar-refractivity contribution in [2.45, 2.75) is 26.3 Å². The summed E-state index contributed by atoms with van der Waals surface area (Å²) in [7, 11) is 1.30. The van der Waals surface area contributed by atoms with Gasteiger partial charge in [-0.05, 0) is 38.5 Å². The van der Waals surface area contributed by atoms with Gasteiger partial charge in [-0.25, -0.2) is 9.59 Å². The average molecular weight is 335 g/mol. The standard InChI is InChI=1S/C16H21N3O5/c1-16(2,3)19-15(22)18-13(20)10-24-17-9-11-5-7-12(8-6-11)14(21)23-4/h5-9H,10H2,1-4H3,(H2,18,19,20,22). The van der Waals surface area contributed by atoms with Crippen LogP contribution in [0.25, 0.3) is 0 Å². The van der Waals surface area contributed by atoms with E-state index in [-0.39, 0.29) is 0 Å². The molecule has 0 aliphatic rings. The first-order chi connectivity index (χ1) is 11.2. The molecule has 8 heteroatoms. The number of esters is 1. The molecule has 0 unspecified atom stereocenters. The molecule has 0 aliphatic heterocycles. The second-order valence-corrected chi connectivity index (χ2v) is 5.87. The van der Waals surface area contributed by atoms with E-state index in [2.05, 4.69) is 20.5 Å². The fourth-order valence-electron chi connectivity index (χ4n) is 1.55. The van der Waals surface area contributed by atoms with Gasteiger partial charge in [-0.3, -0.25) is 10.1 Å². The van der Waals surface area contributed by atoms with Gasteiger partial charge in [0.1, 0.15) is 0 Å². The number of nitrogens with zero attached hydrogens (tertiary/aromatic N) is 1. The van der Waals surface area contributed by atoms with E-state index in [1.54, 1.807) is 45.0 Å². The van der Waals surface area contributed by atoms with E-state index >= 15 is 0 Å². The Balaban J connectivity index is 2.38. The molecule has 0 aliphatic carbocycles. The molecule has 0 fully saturated rings. The number of imide groups is 1. The summed E-state index contributed by atoms with van der Waals surface area (Å²) in [5, 5.41) is 8.33. The van der Waals surface area contributed by atoms with Gasteiger partial charge in [-0.15, -0.1) is 0 Å². The van der Waals surface area contributed by atoms with Crippen molar-refractivity contribution in [3.05, 3.63) is 35.4 Å². The van der Waals surface area contributed by atoms with Crippen molar-refractivity contribution in [2.24, 2.45) is 5.16 Å². The number of carbonyl (C=O) groups is 3. The molecule has 2 N–H and O–H groups in total. The smallest absolute Gasteiger partial charge is 0.337 e. The van der Waals surface area contributed by atoms with E-state index in [1.165, 1.54) is 13.3 Å². The summed E-state index contributed by atoms with van der Waals surface area (Å²) < 4.78 is 4.59. The molecule has 0 bridgehead atoms. The fourth-order valence-corrected chi connectivity index (χ4v) is 1.55. The second kappa shape index (κ2) is 8.66. The van der Waals surface area contributed by atoms with Gasteiger partial charge in [0.25, 0.3) is 5.91 Å². The van der Waals surface area contributed by atoms with Crippen molar-refractivity contribution >= 4 is 24.1 Å². The van der Waals surface area contributed by atoms with Gasteiger partial charge in [-0.2, -0.15) is 0 Å². The van der Waals surface area contributed by atoms with Crippen molar-refractivity contribution in [3.8, 4) is 0 Å². The summed E-state index contributed by atoms with van der Waals surface area (Å²) in [5.74, 6) is -1.05. The van der Waals surface area contributed by atoms with Gasteiger partial charge in [0.15, 0.2) is 6.61 Å². The molecule has 0 saturated heterocycles. The number of nitrogens with one attached hydrogen (secondary N) is 2. The van der Waals surface area contributed by atoms with Crippen LogP contribution in [0.4, 0.5) is 4.79 Å². The predicted molar refractivity (Wildman–Crippen MR) is 87.8 cm³/mol. The van der Waals surface area contributed by atoms with Gasteiger partial charge in [0, 0.05) is 5.54 Å². The molecule has 1 rings (SSSR count). The molecule has 0 radical (unpaired) electrons. The van der Waals surface area contributed by atoms with Gasteiger partial charge < -0.3 is 14.9 Å². The lowest BCUT2D eigenvalue weighted by Crippen LogP contribution is -2.48.